The second-order valence-corrected chi connectivity index (χ2v) is 5.93. The van der Waals surface area contributed by atoms with Gasteiger partial charge in [-0.1, -0.05) is 6.92 Å². The number of likely N-dealkylation sites (N-methyl/N-ethyl adjacent to an activating group) is 1. The summed E-state index contributed by atoms with van der Waals surface area (Å²) >= 11 is 0. The molecule has 5 heteroatoms. The van der Waals surface area contributed by atoms with Crippen LogP contribution in [0.2, 0.25) is 0 Å². The van der Waals surface area contributed by atoms with Gasteiger partial charge in [0.25, 0.3) is 0 Å². The minimum absolute atomic E-state index is 0.280. The Hall–Kier alpha value is -0.910. The van der Waals surface area contributed by atoms with Crippen LogP contribution in [0.4, 0.5) is 0 Å². The van der Waals surface area contributed by atoms with Crippen molar-refractivity contribution in [2.45, 2.75) is 38.8 Å². The second-order valence-electron chi connectivity index (χ2n) is 5.93. The zero-order chi connectivity index (χ0) is 14.7. The van der Waals surface area contributed by atoms with Crippen LogP contribution < -0.4 is 5.73 Å². The highest BCUT2D eigenvalue weighted by molar-refractivity contribution is 5.20. The third kappa shape index (κ3) is 3.22. The lowest BCUT2D eigenvalue weighted by atomic mass is 9.99. The van der Waals surface area contributed by atoms with Gasteiger partial charge in [0.1, 0.15) is 0 Å². The minimum atomic E-state index is 0.280. The number of rotatable bonds is 5. The van der Waals surface area contributed by atoms with E-state index < -0.39 is 0 Å². The third-order valence-corrected chi connectivity index (χ3v) is 4.71. The van der Waals surface area contributed by atoms with E-state index >= 15 is 0 Å². The highest BCUT2D eigenvalue weighted by atomic mass is 15.3. The lowest BCUT2D eigenvalue weighted by Gasteiger charge is -2.39. The molecular weight excluding hydrogens is 250 g/mol. The fraction of sp³-hybridized carbons (Fsp3) is 0.800. The summed E-state index contributed by atoms with van der Waals surface area (Å²) in [7, 11) is 4.19. The summed E-state index contributed by atoms with van der Waals surface area (Å²) in [5.74, 6) is 0. The Balaban J connectivity index is 2.06. The molecule has 1 saturated heterocycles. The first-order valence-corrected chi connectivity index (χ1v) is 7.71. The zero-order valence-corrected chi connectivity index (χ0v) is 13.3. The highest BCUT2D eigenvalue weighted by Crippen LogP contribution is 2.26. The molecule has 0 saturated carbocycles. The summed E-state index contributed by atoms with van der Waals surface area (Å²) in [6.45, 7) is 8.54. The minimum Gasteiger partial charge on any atom is -0.329 e. The molecule has 0 radical (unpaired) electrons. The number of hydrogen-bond donors (Lipinski definition) is 1. The van der Waals surface area contributed by atoms with Gasteiger partial charge in [-0.2, -0.15) is 5.10 Å². The van der Waals surface area contributed by atoms with Crippen molar-refractivity contribution >= 4 is 0 Å². The van der Waals surface area contributed by atoms with Crippen molar-refractivity contribution in [3.05, 3.63) is 17.5 Å². The molecule has 0 aromatic carbocycles. The van der Waals surface area contributed by atoms with Crippen molar-refractivity contribution in [2.75, 3.05) is 33.2 Å². The molecular formula is C15H29N5. The van der Waals surface area contributed by atoms with E-state index in [0.717, 1.165) is 5.69 Å². The molecule has 0 spiro atoms. The van der Waals surface area contributed by atoms with E-state index in [1.54, 1.807) is 0 Å². The zero-order valence-electron chi connectivity index (χ0n) is 13.3. The summed E-state index contributed by atoms with van der Waals surface area (Å²) in [6, 6.07) is 0.910. The lowest BCUT2D eigenvalue weighted by molar-refractivity contribution is 0.101. The number of aromatic nitrogens is 2. The molecule has 1 fully saturated rings. The van der Waals surface area contributed by atoms with Gasteiger partial charge in [0.05, 0.1) is 11.7 Å². The van der Waals surface area contributed by atoms with Gasteiger partial charge in [0, 0.05) is 31.4 Å². The first kappa shape index (κ1) is 15.5. The van der Waals surface area contributed by atoms with E-state index in [-0.39, 0.29) is 6.04 Å². The van der Waals surface area contributed by atoms with E-state index in [9.17, 15) is 0 Å². The van der Waals surface area contributed by atoms with Crippen LogP contribution in [0.15, 0.2) is 6.20 Å². The van der Waals surface area contributed by atoms with Gasteiger partial charge in [-0.15, -0.1) is 0 Å². The van der Waals surface area contributed by atoms with Crippen LogP contribution in [0.3, 0.4) is 0 Å². The molecule has 1 aromatic heterocycles. The second kappa shape index (κ2) is 6.70. The van der Waals surface area contributed by atoms with Gasteiger partial charge in [-0.05, 0) is 46.4 Å². The van der Waals surface area contributed by atoms with Gasteiger partial charge in [-0.3, -0.25) is 9.58 Å². The van der Waals surface area contributed by atoms with Crippen molar-refractivity contribution in [3.8, 4) is 0 Å². The fourth-order valence-electron chi connectivity index (χ4n) is 3.36. The number of hydrogen-bond acceptors (Lipinski definition) is 4. The predicted octanol–water partition coefficient (Wildman–Crippen LogP) is 1.14. The van der Waals surface area contributed by atoms with Crippen LogP contribution in [-0.4, -0.2) is 58.8 Å². The molecule has 0 bridgehead atoms. The smallest absolute Gasteiger partial charge is 0.0641 e. The fourth-order valence-corrected chi connectivity index (χ4v) is 3.36. The first-order chi connectivity index (χ1) is 9.56. The summed E-state index contributed by atoms with van der Waals surface area (Å²) in [6.07, 6.45) is 4.59. The van der Waals surface area contributed by atoms with Crippen molar-refractivity contribution in [1.29, 1.82) is 0 Å². The molecule has 2 rings (SSSR count). The average Bonchev–Trinajstić information content (AvgIpc) is 2.78. The maximum Gasteiger partial charge on any atom is 0.0641 e. The number of nitrogens with zero attached hydrogens (tertiary/aromatic N) is 4. The van der Waals surface area contributed by atoms with Crippen molar-refractivity contribution < 1.29 is 0 Å². The van der Waals surface area contributed by atoms with Gasteiger partial charge in [0.2, 0.25) is 0 Å². The first-order valence-electron chi connectivity index (χ1n) is 7.71. The van der Waals surface area contributed by atoms with Gasteiger partial charge >= 0.3 is 0 Å². The monoisotopic (exact) mass is 279 g/mol. The van der Waals surface area contributed by atoms with E-state index in [1.165, 1.54) is 38.0 Å². The Kier molecular flexibility index (Phi) is 5.18. The number of nitrogens with two attached hydrogens (primary N) is 1. The molecule has 1 atom stereocenters. The van der Waals surface area contributed by atoms with Crippen molar-refractivity contribution in [1.82, 2.24) is 19.6 Å². The predicted molar refractivity (Wildman–Crippen MR) is 82.6 cm³/mol. The Bertz CT molecular complexity index is 420. The van der Waals surface area contributed by atoms with Crippen molar-refractivity contribution in [2.24, 2.45) is 12.8 Å². The van der Waals surface area contributed by atoms with Gasteiger partial charge < -0.3 is 10.6 Å². The van der Waals surface area contributed by atoms with Gasteiger partial charge in [0.15, 0.2) is 0 Å². The van der Waals surface area contributed by atoms with E-state index in [1.807, 2.05) is 11.7 Å². The van der Waals surface area contributed by atoms with E-state index in [2.05, 4.69) is 42.0 Å². The molecule has 2 N–H and O–H groups in total. The molecule has 1 aromatic rings. The summed E-state index contributed by atoms with van der Waals surface area (Å²) in [4.78, 5) is 4.99. The molecule has 20 heavy (non-hydrogen) atoms. The van der Waals surface area contributed by atoms with Crippen LogP contribution in [0.1, 0.15) is 37.1 Å². The largest absolute Gasteiger partial charge is 0.329 e. The van der Waals surface area contributed by atoms with Crippen LogP contribution in [0.5, 0.6) is 0 Å². The van der Waals surface area contributed by atoms with Crippen molar-refractivity contribution in [3.63, 3.8) is 0 Å². The normalized spacial score (nSPS) is 19.7. The Labute approximate surface area is 122 Å². The van der Waals surface area contributed by atoms with Crippen LogP contribution in [0, 0.1) is 6.92 Å². The molecule has 2 heterocycles. The Morgan fingerprint density at radius 2 is 2.10 bits per heavy atom. The number of aryl methyl sites for hydroxylation is 2. The molecule has 1 unspecified atom stereocenters. The Morgan fingerprint density at radius 1 is 1.45 bits per heavy atom. The molecule has 0 aliphatic carbocycles. The van der Waals surface area contributed by atoms with Gasteiger partial charge in [-0.25, -0.2) is 0 Å². The summed E-state index contributed by atoms with van der Waals surface area (Å²) < 4.78 is 1.89. The molecule has 114 valence electrons. The lowest BCUT2D eigenvalue weighted by Crippen LogP contribution is -2.46. The molecule has 1 aliphatic heterocycles. The number of piperidine rings is 1. The molecule has 1 aliphatic rings. The average molecular weight is 279 g/mol. The molecule has 5 nitrogen and oxygen atoms in total. The topological polar surface area (TPSA) is 50.3 Å². The number of likely N-dealkylation sites (tertiary alicyclic amines) is 1. The van der Waals surface area contributed by atoms with E-state index in [0.29, 0.717) is 12.6 Å². The SMILES string of the molecule is CCN1CCC(N(C)C(CN)c2cn(C)nc2C)CC1. The van der Waals surface area contributed by atoms with Crippen LogP contribution in [0.25, 0.3) is 0 Å². The summed E-state index contributed by atoms with van der Waals surface area (Å²) in [5.41, 5.74) is 8.43. The quantitative estimate of drug-likeness (QED) is 0.878. The maximum atomic E-state index is 6.05. The Morgan fingerprint density at radius 3 is 2.55 bits per heavy atom. The standard InChI is InChI=1S/C15H29N5/c1-5-20-8-6-13(7-9-20)19(4)15(10-16)14-11-18(3)17-12(14)2/h11,13,15H,5-10,16H2,1-4H3. The highest BCUT2D eigenvalue weighted by Gasteiger charge is 2.28. The molecule has 0 amide bonds. The third-order valence-electron chi connectivity index (χ3n) is 4.71. The van der Waals surface area contributed by atoms with Crippen LogP contribution in [-0.2, 0) is 7.05 Å². The maximum absolute atomic E-state index is 6.05. The van der Waals surface area contributed by atoms with Crippen LogP contribution >= 0.6 is 0 Å². The van der Waals surface area contributed by atoms with E-state index in [4.69, 9.17) is 5.73 Å². The summed E-state index contributed by atoms with van der Waals surface area (Å²) in [5, 5.41) is 4.46.